The van der Waals surface area contributed by atoms with Crippen molar-refractivity contribution in [3.8, 4) is 17.4 Å². The van der Waals surface area contributed by atoms with Crippen LogP contribution in [0.15, 0.2) is 47.3 Å². The molecule has 33 heavy (non-hydrogen) atoms. The number of anilines is 1. The van der Waals surface area contributed by atoms with Gasteiger partial charge >= 0.3 is 6.29 Å². The van der Waals surface area contributed by atoms with Gasteiger partial charge in [-0.25, -0.2) is 0 Å². The highest BCUT2D eigenvalue weighted by Gasteiger charge is 2.45. The molecule has 0 radical (unpaired) electrons. The van der Waals surface area contributed by atoms with Gasteiger partial charge < -0.3 is 24.1 Å². The summed E-state index contributed by atoms with van der Waals surface area (Å²) in [5.74, 6) is 0.678. The number of para-hydroxylation sites is 1. The van der Waals surface area contributed by atoms with Crippen LogP contribution in [-0.4, -0.2) is 60.5 Å². The molecule has 2 aromatic heterocycles. The van der Waals surface area contributed by atoms with Crippen LogP contribution in [0.3, 0.4) is 0 Å². The lowest BCUT2D eigenvalue weighted by atomic mass is 10.2. The molecule has 0 bridgehead atoms. The van der Waals surface area contributed by atoms with Crippen molar-refractivity contribution in [1.82, 2.24) is 14.9 Å². The van der Waals surface area contributed by atoms with Gasteiger partial charge in [0.25, 0.3) is 0 Å². The summed E-state index contributed by atoms with van der Waals surface area (Å²) in [6.07, 6.45) is -1.77. The molecule has 0 saturated carbocycles. The first-order valence-corrected chi connectivity index (χ1v) is 11.0. The summed E-state index contributed by atoms with van der Waals surface area (Å²) in [7, 11) is 0. The Labute approximate surface area is 188 Å². The van der Waals surface area contributed by atoms with Crippen LogP contribution in [-0.2, 0) is 0 Å². The molecule has 174 valence electrons. The number of hydrogen-bond acceptors (Lipinski definition) is 7. The number of rotatable bonds is 7. The zero-order valence-electron chi connectivity index (χ0n) is 17.9. The van der Waals surface area contributed by atoms with Gasteiger partial charge in [0.2, 0.25) is 11.4 Å². The zero-order chi connectivity index (χ0) is 22.8. The Kier molecular flexibility index (Phi) is 5.76. The molecule has 4 heterocycles. The molecule has 8 nitrogen and oxygen atoms in total. The molecule has 2 aliphatic rings. The molecule has 2 aliphatic heterocycles. The van der Waals surface area contributed by atoms with Crippen LogP contribution in [0.2, 0.25) is 0 Å². The average molecular weight is 458 g/mol. The number of halogens is 2. The van der Waals surface area contributed by atoms with Crippen molar-refractivity contribution >= 4 is 16.7 Å². The van der Waals surface area contributed by atoms with Crippen LogP contribution in [0.5, 0.6) is 17.4 Å². The van der Waals surface area contributed by atoms with Crippen molar-refractivity contribution < 1.29 is 23.0 Å². The van der Waals surface area contributed by atoms with Crippen LogP contribution >= 0.6 is 0 Å². The molecule has 5 rings (SSSR count). The van der Waals surface area contributed by atoms with E-state index < -0.39 is 6.29 Å². The molecule has 0 aliphatic carbocycles. The number of unbranched alkanes of at least 4 members (excludes halogenated alkanes) is 1. The number of benzene rings is 1. The Morgan fingerprint density at radius 2 is 1.85 bits per heavy atom. The zero-order valence-corrected chi connectivity index (χ0v) is 17.9. The number of pyridine rings is 2. The summed E-state index contributed by atoms with van der Waals surface area (Å²) in [6.45, 7) is 4.59. The molecule has 1 saturated heterocycles. The minimum Gasteiger partial charge on any atom is -0.478 e. The van der Waals surface area contributed by atoms with Gasteiger partial charge in [-0.1, -0.05) is 6.07 Å². The van der Waals surface area contributed by atoms with Crippen LogP contribution in [0, 0.1) is 0 Å². The van der Waals surface area contributed by atoms with Gasteiger partial charge in [0.15, 0.2) is 11.5 Å². The van der Waals surface area contributed by atoms with Gasteiger partial charge in [-0.05, 0) is 43.7 Å². The SMILES string of the molecule is O=c1ccc2ccc(OCCCCN3CCN(c4cccc5c4OC(F)(F)O5)CC3)nc2[nH]1. The first kappa shape index (κ1) is 21.4. The van der Waals surface area contributed by atoms with Gasteiger partial charge in [0.1, 0.15) is 5.65 Å². The van der Waals surface area contributed by atoms with Crippen molar-refractivity contribution in [1.29, 1.82) is 0 Å². The number of hydrogen-bond donors (Lipinski definition) is 1. The van der Waals surface area contributed by atoms with Crippen molar-refractivity contribution in [2.24, 2.45) is 0 Å². The number of alkyl halides is 2. The summed E-state index contributed by atoms with van der Waals surface area (Å²) in [5.41, 5.74) is 0.965. The molecule has 1 aromatic carbocycles. The van der Waals surface area contributed by atoms with Gasteiger partial charge in [-0.15, -0.1) is 8.78 Å². The largest absolute Gasteiger partial charge is 0.586 e. The summed E-state index contributed by atoms with van der Waals surface area (Å²) in [6, 6.07) is 11.8. The van der Waals surface area contributed by atoms with Gasteiger partial charge in [0, 0.05) is 43.7 Å². The van der Waals surface area contributed by atoms with Crippen molar-refractivity contribution in [3.63, 3.8) is 0 Å². The quantitative estimate of drug-likeness (QED) is 0.545. The average Bonchev–Trinajstić information content (AvgIpc) is 3.13. The lowest BCUT2D eigenvalue weighted by Gasteiger charge is -2.36. The molecular formula is C23H24F2N4O4. The van der Waals surface area contributed by atoms with Crippen molar-refractivity contribution in [2.75, 3.05) is 44.2 Å². The summed E-state index contributed by atoms with van der Waals surface area (Å²) in [4.78, 5) is 22.9. The molecule has 1 fully saturated rings. The summed E-state index contributed by atoms with van der Waals surface area (Å²) < 4.78 is 41.9. The molecule has 10 heteroatoms. The van der Waals surface area contributed by atoms with Gasteiger partial charge in [0.05, 0.1) is 12.3 Å². The van der Waals surface area contributed by atoms with E-state index in [0.29, 0.717) is 23.8 Å². The standard InChI is InChI=1S/C23H24F2N4O4/c24-23(25)32-18-5-3-4-17(21(18)33-23)29-13-11-28(12-14-29)10-1-2-15-31-20-9-7-16-6-8-19(30)26-22(16)27-20/h3-9H,1-2,10-15H2,(H,26,27,30). The van der Waals surface area contributed by atoms with E-state index >= 15 is 0 Å². The minimum atomic E-state index is -3.61. The molecule has 3 aromatic rings. The maximum absolute atomic E-state index is 13.4. The Bertz CT molecular complexity index is 1190. The van der Waals surface area contributed by atoms with Crippen molar-refractivity contribution in [3.05, 3.63) is 52.8 Å². The Hall–Kier alpha value is -3.40. The summed E-state index contributed by atoms with van der Waals surface area (Å²) >= 11 is 0. The molecular weight excluding hydrogens is 434 g/mol. The number of aromatic amines is 1. The first-order chi connectivity index (χ1) is 16.0. The minimum absolute atomic E-state index is 0.0761. The number of piperazine rings is 1. The highest BCUT2D eigenvalue weighted by molar-refractivity contribution is 5.74. The van der Waals surface area contributed by atoms with E-state index in [1.54, 1.807) is 24.3 Å². The normalized spacial score (nSPS) is 17.5. The van der Waals surface area contributed by atoms with E-state index in [0.717, 1.165) is 51.0 Å². The third kappa shape index (κ3) is 4.85. The molecule has 0 amide bonds. The first-order valence-electron chi connectivity index (χ1n) is 11.0. The highest BCUT2D eigenvalue weighted by Crippen LogP contribution is 2.47. The monoisotopic (exact) mass is 458 g/mol. The van der Waals surface area contributed by atoms with Crippen LogP contribution < -0.4 is 24.7 Å². The second kappa shape index (κ2) is 8.86. The molecule has 0 atom stereocenters. The number of ether oxygens (including phenoxy) is 3. The number of aromatic nitrogens is 2. The Balaban J connectivity index is 1.05. The van der Waals surface area contributed by atoms with E-state index in [4.69, 9.17) is 9.47 Å². The second-order valence-electron chi connectivity index (χ2n) is 8.07. The van der Waals surface area contributed by atoms with E-state index in [2.05, 4.69) is 24.5 Å². The van der Waals surface area contributed by atoms with Crippen LogP contribution in [0.1, 0.15) is 12.8 Å². The lowest BCUT2D eigenvalue weighted by molar-refractivity contribution is -0.286. The fourth-order valence-corrected chi connectivity index (χ4v) is 4.12. The number of fused-ring (bicyclic) bond motifs is 2. The van der Waals surface area contributed by atoms with E-state index in [1.165, 1.54) is 12.1 Å². The van der Waals surface area contributed by atoms with Gasteiger partial charge in [-0.3, -0.25) is 9.69 Å². The maximum atomic E-state index is 13.4. The molecule has 0 spiro atoms. The van der Waals surface area contributed by atoms with Crippen molar-refractivity contribution in [2.45, 2.75) is 19.1 Å². The fourth-order valence-electron chi connectivity index (χ4n) is 4.12. The second-order valence-corrected chi connectivity index (χ2v) is 8.07. The predicted molar refractivity (Wildman–Crippen MR) is 118 cm³/mol. The lowest BCUT2D eigenvalue weighted by Crippen LogP contribution is -2.46. The smallest absolute Gasteiger partial charge is 0.478 e. The third-order valence-electron chi connectivity index (χ3n) is 5.80. The fraction of sp³-hybridized carbons (Fsp3) is 0.391. The van der Waals surface area contributed by atoms with E-state index in [1.807, 2.05) is 6.07 Å². The van der Waals surface area contributed by atoms with Crippen LogP contribution in [0.25, 0.3) is 11.0 Å². The van der Waals surface area contributed by atoms with E-state index in [-0.39, 0.29) is 17.1 Å². The maximum Gasteiger partial charge on any atom is 0.586 e. The third-order valence-corrected chi connectivity index (χ3v) is 5.80. The van der Waals surface area contributed by atoms with E-state index in [9.17, 15) is 13.6 Å². The predicted octanol–water partition coefficient (Wildman–Crippen LogP) is 3.23. The van der Waals surface area contributed by atoms with Crippen LogP contribution in [0.4, 0.5) is 14.5 Å². The number of nitrogens with zero attached hydrogens (tertiary/aromatic N) is 3. The topological polar surface area (TPSA) is 79.9 Å². The van der Waals surface area contributed by atoms with Gasteiger partial charge in [-0.2, -0.15) is 4.98 Å². The highest BCUT2D eigenvalue weighted by atomic mass is 19.3. The Morgan fingerprint density at radius 1 is 1.03 bits per heavy atom. The number of nitrogens with one attached hydrogen (secondary N) is 1. The summed E-state index contributed by atoms with van der Waals surface area (Å²) in [5, 5.41) is 0.856. The molecule has 1 N–H and O–H groups in total. The number of H-pyrrole nitrogens is 1. The molecule has 0 unspecified atom stereocenters. The Morgan fingerprint density at radius 3 is 2.70 bits per heavy atom.